The largest absolute Gasteiger partial charge is 0.337 e. The van der Waals surface area contributed by atoms with Gasteiger partial charge in [-0.2, -0.15) is 0 Å². The van der Waals surface area contributed by atoms with Crippen molar-refractivity contribution < 1.29 is 9.59 Å². The molecule has 0 saturated carbocycles. The Morgan fingerprint density at radius 1 is 1.00 bits per heavy atom. The standard InChI is InChI=1S/C27H27N3O2/c1-2-15-29-16-17-30(26(31)23-11-13-28-14-12-23)20-25(27(29)32)19-21-7-6-10-24(18-21)22-8-4-3-5-9-22/h2-14,18,25H,1,15-17,19-20H2/t25-/m0/s1. The molecule has 0 N–H and O–H groups in total. The summed E-state index contributed by atoms with van der Waals surface area (Å²) in [7, 11) is 0. The van der Waals surface area contributed by atoms with Crippen LogP contribution in [0.1, 0.15) is 15.9 Å². The van der Waals surface area contributed by atoms with Crippen molar-refractivity contribution in [1.29, 1.82) is 0 Å². The quantitative estimate of drug-likeness (QED) is 0.559. The molecule has 1 fully saturated rings. The third kappa shape index (κ3) is 4.94. The Labute approximate surface area is 189 Å². The van der Waals surface area contributed by atoms with Crippen LogP contribution in [0.5, 0.6) is 0 Å². The van der Waals surface area contributed by atoms with Crippen molar-refractivity contribution in [3.8, 4) is 11.1 Å². The average molecular weight is 426 g/mol. The van der Waals surface area contributed by atoms with Crippen LogP contribution in [0.25, 0.3) is 11.1 Å². The summed E-state index contributed by atoms with van der Waals surface area (Å²) in [4.78, 5) is 34.0. The van der Waals surface area contributed by atoms with Gasteiger partial charge in [0.05, 0.1) is 5.92 Å². The minimum absolute atomic E-state index is 0.0660. The summed E-state index contributed by atoms with van der Waals surface area (Å²) in [6.45, 7) is 5.67. The molecule has 0 bridgehead atoms. The van der Waals surface area contributed by atoms with Crippen molar-refractivity contribution >= 4 is 11.8 Å². The van der Waals surface area contributed by atoms with Crippen LogP contribution in [0.15, 0.2) is 91.8 Å². The van der Waals surface area contributed by atoms with E-state index in [1.165, 1.54) is 0 Å². The molecule has 2 aromatic carbocycles. The summed E-state index contributed by atoms with van der Waals surface area (Å²) in [6, 6.07) is 21.9. The monoisotopic (exact) mass is 425 g/mol. The first kappa shape index (κ1) is 21.5. The number of amides is 2. The van der Waals surface area contributed by atoms with Crippen LogP contribution in [0.3, 0.4) is 0 Å². The summed E-state index contributed by atoms with van der Waals surface area (Å²) in [5, 5.41) is 0. The maximum atomic E-state index is 13.3. The fourth-order valence-corrected chi connectivity index (χ4v) is 4.19. The van der Waals surface area contributed by atoms with E-state index in [1.807, 2.05) is 24.3 Å². The summed E-state index contributed by atoms with van der Waals surface area (Å²) in [6.07, 6.45) is 5.55. The summed E-state index contributed by atoms with van der Waals surface area (Å²) in [5.74, 6) is -0.307. The molecule has 5 heteroatoms. The SMILES string of the molecule is C=CCN1CCN(C(=O)c2ccncc2)C[C@H](Cc2cccc(-c3ccccc3)c2)C1=O. The van der Waals surface area contributed by atoms with Gasteiger partial charge in [0.1, 0.15) is 0 Å². The first-order valence-corrected chi connectivity index (χ1v) is 10.9. The maximum absolute atomic E-state index is 13.3. The van der Waals surface area contributed by atoms with E-state index >= 15 is 0 Å². The van der Waals surface area contributed by atoms with Crippen molar-refractivity contribution in [3.05, 3.63) is 103 Å². The molecule has 2 heterocycles. The Morgan fingerprint density at radius 2 is 1.75 bits per heavy atom. The molecule has 162 valence electrons. The van der Waals surface area contributed by atoms with Crippen LogP contribution in [0.2, 0.25) is 0 Å². The topological polar surface area (TPSA) is 53.5 Å². The van der Waals surface area contributed by atoms with Crippen molar-refractivity contribution in [2.75, 3.05) is 26.2 Å². The van der Waals surface area contributed by atoms with Crippen LogP contribution in [0, 0.1) is 5.92 Å². The number of carbonyl (C=O) groups is 2. The van der Waals surface area contributed by atoms with Gasteiger partial charge in [0.25, 0.3) is 5.91 Å². The third-order valence-corrected chi connectivity index (χ3v) is 5.82. The second-order valence-corrected chi connectivity index (χ2v) is 8.03. The molecule has 1 saturated heterocycles. The van der Waals surface area contributed by atoms with Crippen LogP contribution < -0.4 is 0 Å². The molecule has 1 aliphatic rings. The van der Waals surface area contributed by atoms with Crippen LogP contribution in [-0.2, 0) is 11.2 Å². The second-order valence-electron chi connectivity index (χ2n) is 8.03. The Bertz CT molecular complexity index is 1080. The number of benzene rings is 2. The van der Waals surface area contributed by atoms with E-state index in [-0.39, 0.29) is 17.7 Å². The molecule has 0 unspecified atom stereocenters. The predicted molar refractivity (Wildman–Crippen MR) is 126 cm³/mol. The Hall–Kier alpha value is -3.73. The summed E-state index contributed by atoms with van der Waals surface area (Å²) >= 11 is 0. The van der Waals surface area contributed by atoms with Crippen molar-refractivity contribution in [3.63, 3.8) is 0 Å². The number of rotatable bonds is 6. The van der Waals surface area contributed by atoms with Crippen LogP contribution in [-0.4, -0.2) is 52.8 Å². The van der Waals surface area contributed by atoms with Crippen molar-refractivity contribution in [2.45, 2.75) is 6.42 Å². The van der Waals surface area contributed by atoms with E-state index in [1.54, 1.807) is 40.4 Å². The molecule has 2 amide bonds. The molecule has 32 heavy (non-hydrogen) atoms. The molecule has 1 aliphatic heterocycles. The van der Waals surface area contributed by atoms with Crippen LogP contribution in [0.4, 0.5) is 0 Å². The van der Waals surface area contributed by atoms with Gasteiger partial charge in [0.2, 0.25) is 5.91 Å². The zero-order valence-electron chi connectivity index (χ0n) is 18.1. The molecule has 4 rings (SSSR count). The minimum atomic E-state index is -0.311. The normalized spacial score (nSPS) is 16.5. The van der Waals surface area contributed by atoms with E-state index in [2.05, 4.69) is 41.9 Å². The molecule has 0 radical (unpaired) electrons. The number of nitrogens with zero attached hydrogens (tertiary/aromatic N) is 3. The van der Waals surface area contributed by atoms with Crippen molar-refractivity contribution in [2.24, 2.45) is 5.92 Å². The highest BCUT2D eigenvalue weighted by molar-refractivity contribution is 5.94. The van der Waals surface area contributed by atoms with Gasteiger partial charge in [-0.1, -0.05) is 60.7 Å². The zero-order valence-corrected chi connectivity index (χ0v) is 18.1. The lowest BCUT2D eigenvalue weighted by atomic mass is 9.94. The Balaban J connectivity index is 1.59. The van der Waals surface area contributed by atoms with E-state index in [9.17, 15) is 9.59 Å². The van der Waals surface area contributed by atoms with Gasteiger partial charge in [0, 0.05) is 44.1 Å². The molecule has 0 aliphatic carbocycles. The van der Waals surface area contributed by atoms with E-state index < -0.39 is 0 Å². The van der Waals surface area contributed by atoms with E-state index in [4.69, 9.17) is 0 Å². The van der Waals surface area contributed by atoms with Gasteiger partial charge in [0.15, 0.2) is 0 Å². The second kappa shape index (κ2) is 10.1. The van der Waals surface area contributed by atoms with Gasteiger partial charge >= 0.3 is 0 Å². The van der Waals surface area contributed by atoms with Gasteiger partial charge < -0.3 is 9.80 Å². The highest BCUT2D eigenvalue weighted by Gasteiger charge is 2.32. The lowest BCUT2D eigenvalue weighted by molar-refractivity contribution is -0.134. The Morgan fingerprint density at radius 3 is 2.50 bits per heavy atom. The number of pyridine rings is 1. The number of aromatic nitrogens is 1. The van der Waals surface area contributed by atoms with Gasteiger partial charge in [-0.3, -0.25) is 14.6 Å². The number of hydrogen-bond donors (Lipinski definition) is 0. The molecular weight excluding hydrogens is 398 g/mol. The number of carbonyl (C=O) groups excluding carboxylic acids is 2. The first-order valence-electron chi connectivity index (χ1n) is 10.9. The molecule has 5 nitrogen and oxygen atoms in total. The van der Waals surface area contributed by atoms with Crippen LogP contribution >= 0.6 is 0 Å². The highest BCUT2D eigenvalue weighted by Crippen LogP contribution is 2.23. The van der Waals surface area contributed by atoms with Gasteiger partial charge in [-0.15, -0.1) is 6.58 Å². The third-order valence-electron chi connectivity index (χ3n) is 5.82. The highest BCUT2D eigenvalue weighted by atomic mass is 16.2. The smallest absolute Gasteiger partial charge is 0.254 e. The molecular formula is C27H27N3O2. The predicted octanol–water partition coefficient (Wildman–Crippen LogP) is 4.08. The molecule has 1 atom stereocenters. The van der Waals surface area contributed by atoms with Crippen molar-refractivity contribution in [1.82, 2.24) is 14.8 Å². The van der Waals surface area contributed by atoms with E-state index in [0.717, 1.165) is 16.7 Å². The maximum Gasteiger partial charge on any atom is 0.254 e. The molecule has 3 aromatic rings. The van der Waals surface area contributed by atoms with Gasteiger partial charge in [-0.25, -0.2) is 0 Å². The average Bonchev–Trinajstić information content (AvgIpc) is 2.99. The Kier molecular flexibility index (Phi) is 6.75. The molecule has 0 spiro atoms. The zero-order chi connectivity index (χ0) is 22.3. The van der Waals surface area contributed by atoms with Gasteiger partial charge in [-0.05, 0) is 35.2 Å². The fourth-order valence-electron chi connectivity index (χ4n) is 4.19. The minimum Gasteiger partial charge on any atom is -0.337 e. The summed E-state index contributed by atoms with van der Waals surface area (Å²) < 4.78 is 0. The lowest BCUT2D eigenvalue weighted by Crippen LogP contribution is -2.38. The molecule has 1 aromatic heterocycles. The number of hydrogen-bond acceptors (Lipinski definition) is 3. The van der Waals surface area contributed by atoms with E-state index in [0.29, 0.717) is 38.2 Å². The fraction of sp³-hybridized carbons (Fsp3) is 0.222. The first-order chi connectivity index (χ1) is 15.7. The summed E-state index contributed by atoms with van der Waals surface area (Å²) in [5.41, 5.74) is 3.94. The lowest BCUT2D eigenvalue weighted by Gasteiger charge is -2.24.